The van der Waals surface area contributed by atoms with Gasteiger partial charge in [-0.3, -0.25) is 4.79 Å². The van der Waals surface area contributed by atoms with E-state index in [1.165, 1.54) is 35.2 Å². The minimum absolute atomic E-state index is 0.00206. The highest BCUT2D eigenvalue weighted by atomic mass is 32.2. The van der Waals surface area contributed by atoms with Crippen LogP contribution in [-0.2, 0) is 11.3 Å². The lowest BCUT2D eigenvalue weighted by atomic mass is 10.1. The summed E-state index contributed by atoms with van der Waals surface area (Å²) in [4.78, 5) is 14.2. The van der Waals surface area contributed by atoms with Gasteiger partial charge in [-0.05, 0) is 23.3 Å². The maximum absolute atomic E-state index is 13.0. The van der Waals surface area contributed by atoms with Crippen LogP contribution in [0.25, 0.3) is 0 Å². The van der Waals surface area contributed by atoms with Gasteiger partial charge >= 0.3 is 0 Å². The number of hydrogen-bond donors (Lipinski definition) is 1. The van der Waals surface area contributed by atoms with Crippen molar-refractivity contribution in [1.82, 2.24) is 15.1 Å². The lowest BCUT2D eigenvalue weighted by Gasteiger charge is -2.19. The molecule has 1 heterocycles. The molecule has 0 fully saturated rings. The number of benzene rings is 2. The molecule has 1 atom stereocenters. The Labute approximate surface area is 165 Å². The lowest BCUT2D eigenvalue weighted by Crippen LogP contribution is -2.26. The van der Waals surface area contributed by atoms with Gasteiger partial charge in [-0.1, -0.05) is 65.6 Å². The van der Waals surface area contributed by atoms with Gasteiger partial charge in [0.2, 0.25) is 11.0 Å². The van der Waals surface area contributed by atoms with E-state index in [2.05, 4.69) is 15.5 Å². The average Bonchev–Trinajstić information content (AvgIpc) is 3.13. The number of carbonyl (C=O) groups excluding carboxylic acids is 1. The quantitative estimate of drug-likeness (QED) is 0.600. The van der Waals surface area contributed by atoms with Gasteiger partial charge in [-0.15, -0.1) is 10.2 Å². The summed E-state index contributed by atoms with van der Waals surface area (Å²) in [6.07, 6.45) is 0. The van der Waals surface area contributed by atoms with Gasteiger partial charge in [0, 0.05) is 20.6 Å². The predicted molar refractivity (Wildman–Crippen MR) is 107 cm³/mol. The monoisotopic (exact) mass is 402 g/mol. The molecular formula is C19H19FN4OS2. The van der Waals surface area contributed by atoms with Crippen LogP contribution in [0.5, 0.6) is 0 Å². The van der Waals surface area contributed by atoms with E-state index in [-0.39, 0.29) is 17.0 Å². The van der Waals surface area contributed by atoms with Crippen LogP contribution in [0.3, 0.4) is 0 Å². The Kier molecular flexibility index (Phi) is 6.41. The normalized spacial score (nSPS) is 11.8. The second-order valence-electron chi connectivity index (χ2n) is 5.99. The van der Waals surface area contributed by atoms with E-state index < -0.39 is 0 Å². The zero-order valence-electron chi connectivity index (χ0n) is 14.9. The molecule has 1 unspecified atom stereocenters. The van der Waals surface area contributed by atoms with Gasteiger partial charge in [-0.25, -0.2) is 4.39 Å². The topological polar surface area (TPSA) is 58.1 Å². The summed E-state index contributed by atoms with van der Waals surface area (Å²) in [7, 11) is 3.49. The SMILES string of the molecule is CN(C)C(=O)C(Sc1nnc(NCc2ccc(F)cc2)s1)c1ccccc1. The van der Waals surface area contributed by atoms with Gasteiger partial charge in [0.15, 0.2) is 4.34 Å². The molecule has 0 radical (unpaired) electrons. The molecule has 0 spiro atoms. The Balaban J connectivity index is 1.68. The maximum atomic E-state index is 13.0. The Morgan fingerprint density at radius 1 is 1.15 bits per heavy atom. The van der Waals surface area contributed by atoms with Gasteiger partial charge < -0.3 is 10.2 Å². The van der Waals surface area contributed by atoms with Crippen LogP contribution >= 0.6 is 23.1 Å². The summed E-state index contributed by atoms with van der Waals surface area (Å²) >= 11 is 2.78. The van der Waals surface area contributed by atoms with E-state index in [0.717, 1.165) is 11.1 Å². The average molecular weight is 403 g/mol. The molecule has 3 rings (SSSR count). The summed E-state index contributed by atoms with van der Waals surface area (Å²) in [6.45, 7) is 0.526. The highest BCUT2D eigenvalue weighted by Gasteiger charge is 2.25. The van der Waals surface area contributed by atoms with Crippen LogP contribution in [0, 0.1) is 5.82 Å². The first-order valence-electron chi connectivity index (χ1n) is 8.27. The van der Waals surface area contributed by atoms with Crippen molar-refractivity contribution in [3.63, 3.8) is 0 Å². The number of nitrogens with zero attached hydrogens (tertiary/aromatic N) is 3. The van der Waals surface area contributed by atoms with E-state index in [1.54, 1.807) is 31.1 Å². The van der Waals surface area contributed by atoms with Crippen molar-refractivity contribution >= 4 is 34.1 Å². The molecule has 2 aromatic carbocycles. The van der Waals surface area contributed by atoms with Crippen LogP contribution in [0.15, 0.2) is 58.9 Å². The maximum Gasteiger partial charge on any atom is 0.240 e. The van der Waals surface area contributed by atoms with E-state index in [0.29, 0.717) is 16.0 Å². The molecule has 0 saturated carbocycles. The molecule has 0 saturated heterocycles. The van der Waals surface area contributed by atoms with Crippen LogP contribution in [-0.4, -0.2) is 35.1 Å². The number of halogens is 1. The Bertz CT molecular complexity index is 884. The third kappa shape index (κ3) is 5.27. The largest absolute Gasteiger partial charge is 0.356 e. The summed E-state index contributed by atoms with van der Waals surface area (Å²) in [5.41, 5.74) is 1.88. The number of thioether (sulfide) groups is 1. The molecule has 0 aliphatic carbocycles. The van der Waals surface area contributed by atoms with Gasteiger partial charge in [0.25, 0.3) is 0 Å². The van der Waals surface area contributed by atoms with Crippen molar-refractivity contribution in [2.45, 2.75) is 16.1 Å². The molecule has 0 aliphatic rings. The molecule has 0 bridgehead atoms. The minimum atomic E-state index is -0.376. The van der Waals surface area contributed by atoms with Crippen LogP contribution in [0.2, 0.25) is 0 Å². The second kappa shape index (κ2) is 8.96. The lowest BCUT2D eigenvalue weighted by molar-refractivity contribution is -0.128. The van der Waals surface area contributed by atoms with Gasteiger partial charge in [0.1, 0.15) is 11.1 Å². The first-order chi connectivity index (χ1) is 13.0. The summed E-state index contributed by atoms with van der Waals surface area (Å²) in [5.74, 6) is -0.256. The second-order valence-corrected chi connectivity index (χ2v) is 8.32. The molecule has 5 nitrogen and oxygen atoms in total. The Morgan fingerprint density at radius 2 is 1.85 bits per heavy atom. The third-order valence-corrected chi connectivity index (χ3v) is 5.96. The smallest absolute Gasteiger partial charge is 0.240 e. The van der Waals surface area contributed by atoms with Gasteiger partial charge in [-0.2, -0.15) is 0 Å². The van der Waals surface area contributed by atoms with Crippen LogP contribution < -0.4 is 5.32 Å². The molecule has 27 heavy (non-hydrogen) atoms. The Morgan fingerprint density at radius 3 is 2.52 bits per heavy atom. The molecule has 8 heteroatoms. The molecule has 1 amide bonds. The number of rotatable bonds is 7. The molecule has 140 valence electrons. The molecule has 3 aromatic rings. The minimum Gasteiger partial charge on any atom is -0.356 e. The summed E-state index contributed by atoms with van der Waals surface area (Å²) in [5, 5.41) is 11.8. The van der Waals surface area contributed by atoms with Gasteiger partial charge in [0.05, 0.1) is 0 Å². The fraction of sp³-hybridized carbons (Fsp3) is 0.211. The summed E-state index contributed by atoms with van der Waals surface area (Å²) < 4.78 is 13.7. The van der Waals surface area contributed by atoms with Crippen molar-refractivity contribution in [3.05, 3.63) is 71.5 Å². The first-order valence-corrected chi connectivity index (χ1v) is 9.97. The standard InChI is InChI=1S/C19H19FN4OS2/c1-24(2)17(25)16(14-6-4-3-5-7-14)26-19-23-22-18(27-19)21-12-13-8-10-15(20)11-9-13/h3-11,16H,12H2,1-2H3,(H,21,22). The Hall–Kier alpha value is -2.45. The fourth-order valence-corrected chi connectivity index (χ4v) is 4.42. The first kappa shape index (κ1) is 19.3. The zero-order valence-corrected chi connectivity index (χ0v) is 16.6. The number of amides is 1. The van der Waals surface area contributed by atoms with Crippen LogP contribution in [0.1, 0.15) is 16.4 Å². The zero-order chi connectivity index (χ0) is 19.2. The highest BCUT2D eigenvalue weighted by molar-refractivity contribution is 8.01. The summed E-state index contributed by atoms with van der Waals surface area (Å²) in [6, 6.07) is 15.9. The third-order valence-electron chi connectivity index (χ3n) is 3.75. The van der Waals surface area contributed by atoms with E-state index in [4.69, 9.17) is 0 Å². The number of aromatic nitrogens is 2. The van der Waals surface area contributed by atoms with Crippen molar-refractivity contribution in [3.8, 4) is 0 Å². The van der Waals surface area contributed by atoms with Crippen molar-refractivity contribution in [1.29, 1.82) is 0 Å². The van der Waals surface area contributed by atoms with E-state index in [1.807, 2.05) is 30.3 Å². The molecule has 1 N–H and O–H groups in total. The highest BCUT2D eigenvalue weighted by Crippen LogP contribution is 2.38. The van der Waals surface area contributed by atoms with Crippen molar-refractivity contribution in [2.75, 3.05) is 19.4 Å². The van der Waals surface area contributed by atoms with Crippen molar-refractivity contribution < 1.29 is 9.18 Å². The number of anilines is 1. The van der Waals surface area contributed by atoms with Crippen LogP contribution in [0.4, 0.5) is 9.52 Å². The molecule has 1 aromatic heterocycles. The number of carbonyl (C=O) groups is 1. The van der Waals surface area contributed by atoms with Crippen molar-refractivity contribution in [2.24, 2.45) is 0 Å². The number of nitrogens with one attached hydrogen (secondary N) is 1. The molecular weight excluding hydrogens is 383 g/mol. The van der Waals surface area contributed by atoms with E-state index >= 15 is 0 Å². The fourth-order valence-electron chi connectivity index (χ4n) is 2.33. The molecule has 0 aliphatic heterocycles. The van der Waals surface area contributed by atoms with E-state index in [9.17, 15) is 9.18 Å². The predicted octanol–water partition coefficient (Wildman–Crippen LogP) is 4.21. The number of hydrogen-bond acceptors (Lipinski definition) is 6. The number of likely N-dealkylation sites (N-methyl/N-ethyl adjacent to an activating group) is 1.